The summed E-state index contributed by atoms with van der Waals surface area (Å²) < 4.78 is 11.3. The maximum atomic E-state index is 5.86. The Labute approximate surface area is 144 Å². The quantitative estimate of drug-likeness (QED) is 0.877. The number of ether oxygens (including phenoxy) is 1. The molecule has 1 aromatic carbocycles. The molecule has 24 heavy (non-hydrogen) atoms. The number of nitrogens with one attached hydrogen (secondary N) is 1. The molecule has 2 atom stereocenters. The van der Waals surface area contributed by atoms with Crippen molar-refractivity contribution in [3.05, 3.63) is 47.2 Å². The number of hydrogen-bond acceptors (Lipinski definition) is 4. The van der Waals surface area contributed by atoms with Gasteiger partial charge in [-0.15, -0.1) is 0 Å². The lowest BCUT2D eigenvalue weighted by atomic mass is 10.0. The van der Waals surface area contributed by atoms with Crippen LogP contribution in [-0.4, -0.2) is 17.6 Å². The molecule has 2 heterocycles. The van der Waals surface area contributed by atoms with Crippen LogP contribution in [0.15, 0.2) is 28.7 Å². The minimum Gasteiger partial charge on any atom is -0.493 e. The predicted octanol–water partition coefficient (Wildman–Crippen LogP) is 4.51. The van der Waals surface area contributed by atoms with Gasteiger partial charge in [0, 0.05) is 25.4 Å². The Bertz CT molecular complexity index is 648. The van der Waals surface area contributed by atoms with Gasteiger partial charge in [0.2, 0.25) is 0 Å². The van der Waals surface area contributed by atoms with E-state index in [-0.39, 0.29) is 0 Å². The molecule has 1 fully saturated rings. The van der Waals surface area contributed by atoms with E-state index in [0.29, 0.717) is 18.7 Å². The minimum atomic E-state index is 0.470. The van der Waals surface area contributed by atoms with E-state index in [9.17, 15) is 0 Å². The van der Waals surface area contributed by atoms with Gasteiger partial charge in [0.25, 0.3) is 0 Å². The zero-order valence-electron chi connectivity index (χ0n) is 15.0. The van der Waals surface area contributed by atoms with E-state index in [2.05, 4.69) is 41.5 Å². The van der Waals surface area contributed by atoms with E-state index >= 15 is 0 Å². The number of nitrogens with zero attached hydrogens (tertiary/aromatic N) is 1. The Kier molecular flexibility index (Phi) is 5.56. The van der Waals surface area contributed by atoms with E-state index in [1.54, 1.807) is 0 Å². The standard InChI is InChI=1S/C20H28N2O2/c1-14-6-4-5-7-20(21-14)17-8-10-18(11-9-17)23-13-12-19-15(2)24-16(3)22-19/h8-11,14,20-21H,4-7,12-13H2,1-3H3/t14-,20+/m1/s1. The van der Waals surface area contributed by atoms with Gasteiger partial charge in [-0.1, -0.05) is 25.0 Å². The van der Waals surface area contributed by atoms with Crippen molar-refractivity contribution in [2.75, 3.05) is 6.61 Å². The number of rotatable bonds is 5. The maximum Gasteiger partial charge on any atom is 0.191 e. The molecule has 0 unspecified atom stereocenters. The van der Waals surface area contributed by atoms with E-state index in [4.69, 9.17) is 9.15 Å². The predicted molar refractivity (Wildman–Crippen MR) is 95.4 cm³/mol. The van der Waals surface area contributed by atoms with Gasteiger partial charge in [0.1, 0.15) is 11.5 Å². The number of aryl methyl sites for hydroxylation is 2. The molecule has 0 amide bonds. The average Bonchev–Trinajstić information content (AvgIpc) is 2.75. The first kappa shape index (κ1) is 17.0. The highest BCUT2D eigenvalue weighted by atomic mass is 16.5. The summed E-state index contributed by atoms with van der Waals surface area (Å²) in [5, 5.41) is 3.73. The molecule has 0 bridgehead atoms. The first-order valence-corrected chi connectivity index (χ1v) is 9.03. The zero-order chi connectivity index (χ0) is 16.9. The molecule has 1 N–H and O–H groups in total. The third-order valence-electron chi connectivity index (χ3n) is 4.76. The van der Waals surface area contributed by atoms with Crippen molar-refractivity contribution < 1.29 is 9.15 Å². The molecule has 2 aromatic rings. The highest BCUT2D eigenvalue weighted by molar-refractivity contribution is 5.29. The normalized spacial score (nSPS) is 21.5. The van der Waals surface area contributed by atoms with Gasteiger partial charge >= 0.3 is 0 Å². The molecule has 4 heteroatoms. The van der Waals surface area contributed by atoms with E-state index in [1.165, 1.54) is 31.2 Å². The van der Waals surface area contributed by atoms with Crippen molar-refractivity contribution in [3.8, 4) is 5.75 Å². The van der Waals surface area contributed by atoms with Crippen molar-refractivity contribution in [2.45, 2.75) is 65.0 Å². The first-order valence-electron chi connectivity index (χ1n) is 9.03. The van der Waals surface area contributed by atoms with Crippen LogP contribution >= 0.6 is 0 Å². The van der Waals surface area contributed by atoms with Crippen molar-refractivity contribution in [1.82, 2.24) is 10.3 Å². The van der Waals surface area contributed by atoms with Gasteiger partial charge in [-0.2, -0.15) is 0 Å². The number of benzene rings is 1. The molecule has 1 aromatic heterocycles. The van der Waals surface area contributed by atoms with Crippen LogP contribution in [0, 0.1) is 13.8 Å². The number of hydrogen-bond donors (Lipinski definition) is 1. The van der Waals surface area contributed by atoms with Crippen LogP contribution in [-0.2, 0) is 6.42 Å². The summed E-state index contributed by atoms with van der Waals surface area (Å²) >= 11 is 0. The van der Waals surface area contributed by atoms with Crippen molar-refractivity contribution in [2.24, 2.45) is 0 Å². The average molecular weight is 328 g/mol. The van der Waals surface area contributed by atoms with E-state index in [0.717, 1.165) is 29.5 Å². The summed E-state index contributed by atoms with van der Waals surface area (Å²) in [4.78, 5) is 4.38. The lowest BCUT2D eigenvalue weighted by Crippen LogP contribution is -2.28. The second kappa shape index (κ2) is 7.84. The molecule has 1 aliphatic rings. The van der Waals surface area contributed by atoms with Crippen molar-refractivity contribution in [3.63, 3.8) is 0 Å². The monoisotopic (exact) mass is 328 g/mol. The fourth-order valence-electron chi connectivity index (χ4n) is 3.44. The molecule has 4 nitrogen and oxygen atoms in total. The summed E-state index contributed by atoms with van der Waals surface area (Å²) in [6.07, 6.45) is 5.89. The molecular formula is C20H28N2O2. The summed E-state index contributed by atoms with van der Waals surface area (Å²) in [6.45, 7) is 6.72. The van der Waals surface area contributed by atoms with Crippen LogP contribution in [0.3, 0.4) is 0 Å². The third kappa shape index (κ3) is 4.38. The first-order chi connectivity index (χ1) is 11.6. The minimum absolute atomic E-state index is 0.470. The van der Waals surface area contributed by atoms with Crippen LogP contribution in [0.5, 0.6) is 5.75 Å². The molecule has 1 aliphatic heterocycles. The van der Waals surface area contributed by atoms with Crippen LogP contribution < -0.4 is 10.1 Å². The lowest BCUT2D eigenvalue weighted by Gasteiger charge is -2.20. The van der Waals surface area contributed by atoms with Gasteiger partial charge in [-0.3, -0.25) is 0 Å². The smallest absolute Gasteiger partial charge is 0.191 e. The number of aromatic nitrogens is 1. The molecule has 130 valence electrons. The second-order valence-electron chi connectivity index (χ2n) is 6.81. The van der Waals surface area contributed by atoms with Gasteiger partial charge in [0.15, 0.2) is 5.89 Å². The highest BCUT2D eigenvalue weighted by Gasteiger charge is 2.17. The largest absolute Gasteiger partial charge is 0.493 e. The molecule has 0 spiro atoms. The Morgan fingerprint density at radius 2 is 1.92 bits per heavy atom. The second-order valence-corrected chi connectivity index (χ2v) is 6.81. The third-order valence-corrected chi connectivity index (χ3v) is 4.76. The van der Waals surface area contributed by atoms with Gasteiger partial charge < -0.3 is 14.5 Å². The van der Waals surface area contributed by atoms with Gasteiger partial charge in [0.05, 0.1) is 12.3 Å². The Morgan fingerprint density at radius 1 is 1.17 bits per heavy atom. The highest BCUT2D eigenvalue weighted by Crippen LogP contribution is 2.26. The van der Waals surface area contributed by atoms with Crippen molar-refractivity contribution >= 4 is 0 Å². The van der Waals surface area contributed by atoms with Crippen LogP contribution in [0.1, 0.15) is 61.6 Å². The fourth-order valence-corrected chi connectivity index (χ4v) is 3.44. The molecule has 1 saturated heterocycles. The Hall–Kier alpha value is -1.81. The SMILES string of the molecule is Cc1nc(CCOc2ccc([C@@H]3CCCC[C@@H](C)N3)cc2)c(C)o1. The molecule has 0 radical (unpaired) electrons. The fraction of sp³-hybridized carbons (Fsp3) is 0.550. The van der Waals surface area contributed by atoms with Crippen LogP contribution in [0.25, 0.3) is 0 Å². The lowest BCUT2D eigenvalue weighted by molar-refractivity contribution is 0.319. The van der Waals surface area contributed by atoms with Crippen LogP contribution in [0.4, 0.5) is 0 Å². The summed E-state index contributed by atoms with van der Waals surface area (Å²) in [7, 11) is 0. The van der Waals surface area contributed by atoms with Gasteiger partial charge in [-0.05, 0) is 44.4 Å². The molecule has 0 aliphatic carbocycles. The van der Waals surface area contributed by atoms with Crippen molar-refractivity contribution in [1.29, 1.82) is 0 Å². The van der Waals surface area contributed by atoms with Gasteiger partial charge in [-0.25, -0.2) is 4.98 Å². The summed E-state index contributed by atoms with van der Waals surface area (Å²) in [5.41, 5.74) is 2.35. The van der Waals surface area contributed by atoms with E-state index < -0.39 is 0 Å². The number of oxazole rings is 1. The van der Waals surface area contributed by atoms with E-state index in [1.807, 2.05) is 13.8 Å². The summed E-state index contributed by atoms with van der Waals surface area (Å²) in [6, 6.07) is 9.61. The molecular weight excluding hydrogens is 300 g/mol. The maximum absolute atomic E-state index is 5.86. The Morgan fingerprint density at radius 3 is 2.62 bits per heavy atom. The topological polar surface area (TPSA) is 47.3 Å². The zero-order valence-corrected chi connectivity index (χ0v) is 15.0. The van der Waals surface area contributed by atoms with Crippen LogP contribution in [0.2, 0.25) is 0 Å². The molecule has 3 rings (SSSR count). The summed E-state index contributed by atoms with van der Waals surface area (Å²) in [5.74, 6) is 2.52. The molecule has 0 saturated carbocycles. The Balaban J connectivity index is 1.53.